The van der Waals surface area contributed by atoms with Crippen LogP contribution in [-0.4, -0.2) is 24.2 Å². The second-order valence-electron chi connectivity index (χ2n) is 5.28. The summed E-state index contributed by atoms with van der Waals surface area (Å²) in [5, 5.41) is 12.5. The predicted molar refractivity (Wildman–Crippen MR) is 74.0 cm³/mol. The predicted octanol–water partition coefficient (Wildman–Crippen LogP) is 2.79. The smallest absolute Gasteiger partial charge is 0.251 e. The third-order valence-electron chi connectivity index (χ3n) is 2.94. The Balaban J connectivity index is 2.63. The third-order valence-corrected chi connectivity index (χ3v) is 3.36. The van der Waals surface area contributed by atoms with Crippen LogP contribution in [0.2, 0.25) is 5.02 Å². The van der Waals surface area contributed by atoms with Gasteiger partial charge in [0.15, 0.2) is 0 Å². The highest BCUT2D eigenvalue weighted by molar-refractivity contribution is 6.31. The molecule has 0 saturated heterocycles. The quantitative estimate of drug-likeness (QED) is 0.864. The molecule has 0 unspecified atom stereocenters. The Labute approximate surface area is 113 Å². The van der Waals surface area contributed by atoms with Crippen molar-refractivity contribution in [1.29, 1.82) is 0 Å². The Kier molecular flexibility index (Phi) is 5.17. The van der Waals surface area contributed by atoms with Crippen molar-refractivity contribution in [3.63, 3.8) is 0 Å². The van der Waals surface area contributed by atoms with Crippen molar-refractivity contribution in [2.24, 2.45) is 5.41 Å². The van der Waals surface area contributed by atoms with Crippen LogP contribution in [0.15, 0.2) is 18.2 Å². The molecular weight excluding hydrogens is 250 g/mol. The fraction of sp³-hybridized carbons (Fsp3) is 0.500. The number of halogens is 1. The van der Waals surface area contributed by atoms with E-state index in [2.05, 4.69) is 5.32 Å². The summed E-state index contributed by atoms with van der Waals surface area (Å²) in [6.45, 7) is 6.55. The first-order chi connectivity index (χ1) is 8.35. The minimum absolute atomic E-state index is 0.105. The fourth-order valence-corrected chi connectivity index (χ4v) is 1.72. The molecule has 0 aliphatic heterocycles. The second-order valence-corrected chi connectivity index (χ2v) is 5.69. The van der Waals surface area contributed by atoms with Gasteiger partial charge >= 0.3 is 0 Å². The summed E-state index contributed by atoms with van der Waals surface area (Å²) >= 11 is 5.92. The fourth-order valence-electron chi connectivity index (χ4n) is 1.60. The van der Waals surface area contributed by atoms with Crippen LogP contribution in [0.1, 0.15) is 36.2 Å². The number of benzene rings is 1. The van der Waals surface area contributed by atoms with Crippen LogP contribution in [0.3, 0.4) is 0 Å². The molecule has 1 aromatic rings. The Hall–Kier alpha value is -1.06. The molecule has 1 aromatic carbocycles. The van der Waals surface area contributed by atoms with Crippen molar-refractivity contribution >= 4 is 17.5 Å². The maximum absolute atomic E-state index is 11.9. The molecule has 0 heterocycles. The van der Waals surface area contributed by atoms with Crippen LogP contribution in [-0.2, 0) is 0 Å². The molecule has 0 aliphatic carbocycles. The minimum Gasteiger partial charge on any atom is -0.396 e. The van der Waals surface area contributed by atoms with E-state index in [1.165, 1.54) is 0 Å². The summed E-state index contributed by atoms with van der Waals surface area (Å²) in [5.41, 5.74) is 1.39. The lowest BCUT2D eigenvalue weighted by molar-refractivity contribution is 0.0928. The molecule has 2 N–H and O–H groups in total. The van der Waals surface area contributed by atoms with Gasteiger partial charge in [-0.05, 0) is 42.5 Å². The number of hydrogen-bond donors (Lipinski definition) is 2. The molecular formula is C14H20ClNO2. The maximum atomic E-state index is 11.9. The molecule has 0 bridgehead atoms. The zero-order valence-corrected chi connectivity index (χ0v) is 11.8. The van der Waals surface area contributed by atoms with Crippen LogP contribution in [0.25, 0.3) is 0 Å². The van der Waals surface area contributed by atoms with Crippen molar-refractivity contribution in [3.05, 3.63) is 34.3 Å². The molecule has 100 valence electrons. The van der Waals surface area contributed by atoms with Crippen LogP contribution in [0.4, 0.5) is 0 Å². The highest BCUT2D eigenvalue weighted by Crippen LogP contribution is 2.19. The van der Waals surface area contributed by atoms with E-state index in [1.807, 2.05) is 20.8 Å². The van der Waals surface area contributed by atoms with Gasteiger partial charge in [-0.1, -0.05) is 25.4 Å². The lowest BCUT2D eigenvalue weighted by Crippen LogP contribution is -2.34. The standard InChI is InChI=1S/C14H20ClNO2/c1-10-8-11(4-5-12(10)15)13(18)16-9-14(2,3)6-7-17/h4-5,8,17H,6-7,9H2,1-3H3,(H,16,18). The van der Waals surface area contributed by atoms with Gasteiger partial charge in [-0.15, -0.1) is 0 Å². The molecule has 1 rings (SSSR count). The Morgan fingerprint density at radius 1 is 1.44 bits per heavy atom. The lowest BCUT2D eigenvalue weighted by atomic mass is 9.89. The number of aliphatic hydroxyl groups excluding tert-OH is 1. The van der Waals surface area contributed by atoms with E-state index in [9.17, 15) is 4.79 Å². The van der Waals surface area contributed by atoms with Crippen LogP contribution >= 0.6 is 11.6 Å². The van der Waals surface area contributed by atoms with E-state index in [0.717, 1.165) is 5.56 Å². The van der Waals surface area contributed by atoms with E-state index >= 15 is 0 Å². The minimum atomic E-state index is -0.110. The van der Waals surface area contributed by atoms with Crippen molar-refractivity contribution in [3.8, 4) is 0 Å². The third kappa shape index (κ3) is 4.31. The van der Waals surface area contributed by atoms with Crippen molar-refractivity contribution in [2.45, 2.75) is 27.2 Å². The monoisotopic (exact) mass is 269 g/mol. The van der Waals surface area contributed by atoms with Gasteiger partial charge in [0.25, 0.3) is 5.91 Å². The van der Waals surface area contributed by atoms with Gasteiger partial charge in [0.1, 0.15) is 0 Å². The van der Waals surface area contributed by atoms with Gasteiger partial charge in [0, 0.05) is 23.7 Å². The van der Waals surface area contributed by atoms with E-state index in [0.29, 0.717) is 23.6 Å². The average molecular weight is 270 g/mol. The Morgan fingerprint density at radius 2 is 2.11 bits per heavy atom. The molecule has 4 heteroatoms. The van der Waals surface area contributed by atoms with Crippen LogP contribution in [0, 0.1) is 12.3 Å². The van der Waals surface area contributed by atoms with Crippen molar-refractivity contribution in [1.82, 2.24) is 5.32 Å². The summed E-state index contributed by atoms with van der Waals surface area (Å²) in [7, 11) is 0. The van der Waals surface area contributed by atoms with Gasteiger partial charge in [-0.25, -0.2) is 0 Å². The number of aliphatic hydroxyl groups is 1. The van der Waals surface area contributed by atoms with Gasteiger partial charge in [0.05, 0.1) is 0 Å². The number of hydrogen-bond acceptors (Lipinski definition) is 2. The number of carbonyl (C=O) groups is 1. The van der Waals surface area contributed by atoms with Gasteiger partial charge in [-0.3, -0.25) is 4.79 Å². The SMILES string of the molecule is Cc1cc(C(=O)NCC(C)(C)CCO)ccc1Cl. The lowest BCUT2D eigenvalue weighted by Gasteiger charge is -2.23. The largest absolute Gasteiger partial charge is 0.396 e. The zero-order chi connectivity index (χ0) is 13.8. The number of amides is 1. The Morgan fingerprint density at radius 3 is 2.67 bits per heavy atom. The van der Waals surface area contributed by atoms with Crippen LogP contribution < -0.4 is 5.32 Å². The number of aryl methyl sites for hydroxylation is 1. The summed E-state index contributed by atoms with van der Waals surface area (Å²) in [5.74, 6) is -0.110. The normalized spacial score (nSPS) is 11.4. The molecule has 0 spiro atoms. The van der Waals surface area contributed by atoms with Crippen LogP contribution in [0.5, 0.6) is 0 Å². The molecule has 0 fully saturated rings. The zero-order valence-electron chi connectivity index (χ0n) is 11.1. The number of rotatable bonds is 5. The average Bonchev–Trinajstić information content (AvgIpc) is 2.30. The Bertz CT molecular complexity index is 430. The molecule has 0 atom stereocenters. The van der Waals surface area contributed by atoms with Gasteiger partial charge in [-0.2, -0.15) is 0 Å². The number of nitrogens with one attached hydrogen (secondary N) is 1. The van der Waals surface area contributed by atoms with Crippen molar-refractivity contribution in [2.75, 3.05) is 13.2 Å². The molecule has 1 amide bonds. The van der Waals surface area contributed by atoms with E-state index in [4.69, 9.17) is 16.7 Å². The van der Waals surface area contributed by atoms with Gasteiger partial charge in [0.2, 0.25) is 0 Å². The van der Waals surface area contributed by atoms with E-state index in [1.54, 1.807) is 18.2 Å². The first kappa shape index (κ1) is 15.0. The first-order valence-electron chi connectivity index (χ1n) is 6.01. The first-order valence-corrected chi connectivity index (χ1v) is 6.39. The topological polar surface area (TPSA) is 49.3 Å². The molecule has 18 heavy (non-hydrogen) atoms. The summed E-state index contributed by atoms with van der Waals surface area (Å²) in [6.07, 6.45) is 0.660. The summed E-state index contributed by atoms with van der Waals surface area (Å²) < 4.78 is 0. The van der Waals surface area contributed by atoms with E-state index in [-0.39, 0.29) is 17.9 Å². The van der Waals surface area contributed by atoms with Gasteiger partial charge < -0.3 is 10.4 Å². The maximum Gasteiger partial charge on any atom is 0.251 e. The molecule has 0 saturated carbocycles. The number of carbonyl (C=O) groups excluding carboxylic acids is 1. The van der Waals surface area contributed by atoms with E-state index < -0.39 is 0 Å². The molecule has 3 nitrogen and oxygen atoms in total. The highest BCUT2D eigenvalue weighted by atomic mass is 35.5. The highest BCUT2D eigenvalue weighted by Gasteiger charge is 2.18. The summed E-state index contributed by atoms with van der Waals surface area (Å²) in [6, 6.07) is 5.21. The second kappa shape index (κ2) is 6.21. The summed E-state index contributed by atoms with van der Waals surface area (Å²) in [4.78, 5) is 11.9. The molecule has 0 aliphatic rings. The van der Waals surface area contributed by atoms with Crippen molar-refractivity contribution < 1.29 is 9.90 Å². The molecule has 0 radical (unpaired) electrons. The molecule has 0 aromatic heterocycles.